The number of hydrogen-bond donors (Lipinski definition) is 0. The van der Waals surface area contributed by atoms with E-state index in [4.69, 9.17) is 4.74 Å². The van der Waals surface area contributed by atoms with Crippen molar-refractivity contribution >= 4 is 5.97 Å². The van der Waals surface area contributed by atoms with Gasteiger partial charge in [0.25, 0.3) is 0 Å². The molecule has 23 heavy (non-hydrogen) atoms. The van der Waals surface area contributed by atoms with Crippen LogP contribution in [0.15, 0.2) is 12.2 Å². The van der Waals surface area contributed by atoms with Gasteiger partial charge in [0, 0.05) is 5.57 Å². The zero-order valence-corrected chi connectivity index (χ0v) is 15.3. The van der Waals surface area contributed by atoms with Crippen LogP contribution in [0.2, 0.25) is 0 Å². The SMILES string of the molecule is C=C(C)C(=O)OC1(CCCCCC)C2CC3CC1CC(C)(C3)C2. The van der Waals surface area contributed by atoms with E-state index in [1.165, 1.54) is 57.8 Å². The first-order valence-corrected chi connectivity index (χ1v) is 9.77. The fourth-order valence-electron chi connectivity index (χ4n) is 6.16. The minimum Gasteiger partial charge on any atom is -0.455 e. The zero-order valence-electron chi connectivity index (χ0n) is 15.3. The smallest absolute Gasteiger partial charge is 0.333 e. The van der Waals surface area contributed by atoms with Gasteiger partial charge in [0.15, 0.2) is 0 Å². The molecule has 4 rings (SSSR count). The number of esters is 1. The van der Waals surface area contributed by atoms with E-state index in [-0.39, 0.29) is 11.6 Å². The summed E-state index contributed by atoms with van der Waals surface area (Å²) in [5.41, 5.74) is 0.886. The van der Waals surface area contributed by atoms with Crippen molar-refractivity contribution in [3.63, 3.8) is 0 Å². The largest absolute Gasteiger partial charge is 0.455 e. The lowest BCUT2D eigenvalue weighted by Gasteiger charge is -2.64. The predicted octanol–water partition coefficient (Wildman–Crippen LogP) is 5.66. The quantitative estimate of drug-likeness (QED) is 0.344. The maximum atomic E-state index is 12.4. The molecule has 0 aliphatic heterocycles. The average Bonchev–Trinajstić information content (AvgIpc) is 2.46. The Hall–Kier alpha value is -0.790. The molecule has 130 valence electrons. The number of carbonyl (C=O) groups is 1. The lowest BCUT2D eigenvalue weighted by Crippen LogP contribution is -2.62. The molecule has 0 aromatic carbocycles. The Labute approximate surface area is 142 Å². The highest BCUT2D eigenvalue weighted by Crippen LogP contribution is 2.65. The standard InChI is InChI=1S/C21H34O2/c1-5-6-7-8-9-21(23-19(22)15(2)3)17-10-16-11-18(21)14-20(4,12-16)13-17/h16-18H,2,5-14H2,1,3-4H3. The molecule has 0 spiro atoms. The summed E-state index contributed by atoms with van der Waals surface area (Å²) < 4.78 is 6.26. The Kier molecular flexibility index (Phi) is 4.64. The molecule has 0 N–H and O–H groups in total. The van der Waals surface area contributed by atoms with Crippen molar-refractivity contribution in [3.8, 4) is 0 Å². The van der Waals surface area contributed by atoms with Gasteiger partial charge >= 0.3 is 5.97 Å². The summed E-state index contributed by atoms with van der Waals surface area (Å²) in [7, 11) is 0. The van der Waals surface area contributed by atoms with E-state index in [1.807, 2.05) is 0 Å². The second-order valence-corrected chi connectivity index (χ2v) is 9.09. The molecule has 0 aromatic heterocycles. The van der Waals surface area contributed by atoms with Gasteiger partial charge in [-0.1, -0.05) is 39.7 Å². The van der Waals surface area contributed by atoms with E-state index in [1.54, 1.807) is 6.92 Å². The van der Waals surface area contributed by atoms with Gasteiger partial charge in [-0.25, -0.2) is 4.79 Å². The van der Waals surface area contributed by atoms with Crippen LogP contribution in [-0.4, -0.2) is 11.6 Å². The highest BCUT2D eigenvalue weighted by atomic mass is 16.6. The molecule has 0 aromatic rings. The number of unbranched alkanes of at least 4 members (excludes halogenated alkanes) is 3. The van der Waals surface area contributed by atoms with Crippen molar-refractivity contribution < 1.29 is 9.53 Å². The monoisotopic (exact) mass is 318 g/mol. The molecule has 2 unspecified atom stereocenters. The zero-order chi connectivity index (χ0) is 16.7. The van der Waals surface area contributed by atoms with Gasteiger partial charge in [-0.3, -0.25) is 0 Å². The van der Waals surface area contributed by atoms with Crippen LogP contribution >= 0.6 is 0 Å². The van der Waals surface area contributed by atoms with E-state index >= 15 is 0 Å². The van der Waals surface area contributed by atoms with Crippen LogP contribution in [0.25, 0.3) is 0 Å². The second-order valence-electron chi connectivity index (χ2n) is 9.09. The van der Waals surface area contributed by atoms with Crippen LogP contribution in [0.1, 0.15) is 85.0 Å². The van der Waals surface area contributed by atoms with Crippen molar-refractivity contribution in [1.82, 2.24) is 0 Å². The van der Waals surface area contributed by atoms with Crippen LogP contribution in [0.5, 0.6) is 0 Å². The Balaban J connectivity index is 1.80. The highest BCUT2D eigenvalue weighted by Gasteiger charge is 2.62. The summed E-state index contributed by atoms with van der Waals surface area (Å²) >= 11 is 0. The Bertz CT molecular complexity index is 462. The molecule has 0 heterocycles. The fourth-order valence-corrected chi connectivity index (χ4v) is 6.16. The number of hydrogen-bond acceptors (Lipinski definition) is 2. The Morgan fingerprint density at radius 2 is 1.78 bits per heavy atom. The normalized spacial score (nSPS) is 41.1. The van der Waals surface area contributed by atoms with E-state index < -0.39 is 0 Å². The first-order chi connectivity index (χ1) is 10.9. The lowest BCUT2D eigenvalue weighted by molar-refractivity contribution is -0.223. The topological polar surface area (TPSA) is 26.3 Å². The molecular formula is C21H34O2. The maximum absolute atomic E-state index is 12.4. The van der Waals surface area contributed by atoms with Gasteiger partial charge in [0.2, 0.25) is 0 Å². The maximum Gasteiger partial charge on any atom is 0.333 e. The van der Waals surface area contributed by atoms with Crippen molar-refractivity contribution in [1.29, 1.82) is 0 Å². The minimum absolute atomic E-state index is 0.155. The molecule has 2 nitrogen and oxygen atoms in total. The molecule has 4 aliphatic rings. The van der Waals surface area contributed by atoms with Crippen molar-refractivity contribution in [3.05, 3.63) is 12.2 Å². The average molecular weight is 319 g/mol. The van der Waals surface area contributed by atoms with E-state index in [2.05, 4.69) is 20.4 Å². The van der Waals surface area contributed by atoms with Crippen LogP contribution in [-0.2, 0) is 9.53 Å². The van der Waals surface area contributed by atoms with Crippen molar-refractivity contribution in [2.24, 2.45) is 23.2 Å². The van der Waals surface area contributed by atoms with E-state index in [9.17, 15) is 4.79 Å². The number of ether oxygens (including phenoxy) is 1. The van der Waals surface area contributed by atoms with Crippen LogP contribution in [0, 0.1) is 23.2 Å². The van der Waals surface area contributed by atoms with Crippen molar-refractivity contribution in [2.75, 3.05) is 0 Å². The first-order valence-electron chi connectivity index (χ1n) is 9.77. The minimum atomic E-state index is -0.180. The molecule has 0 amide bonds. The number of rotatable bonds is 7. The van der Waals surface area contributed by atoms with E-state index in [0.717, 1.165) is 12.3 Å². The predicted molar refractivity (Wildman–Crippen MR) is 94.1 cm³/mol. The lowest BCUT2D eigenvalue weighted by atomic mass is 9.44. The van der Waals surface area contributed by atoms with Gasteiger partial charge in [-0.2, -0.15) is 0 Å². The van der Waals surface area contributed by atoms with Gasteiger partial charge < -0.3 is 4.74 Å². The summed E-state index contributed by atoms with van der Waals surface area (Å²) in [5.74, 6) is 1.90. The molecule has 4 fully saturated rings. The summed E-state index contributed by atoms with van der Waals surface area (Å²) in [5, 5.41) is 0. The van der Waals surface area contributed by atoms with Gasteiger partial charge in [-0.05, 0) is 75.0 Å². The molecule has 2 atom stereocenters. The molecule has 2 heteroatoms. The molecule has 4 bridgehead atoms. The molecule has 0 radical (unpaired) electrons. The van der Waals surface area contributed by atoms with Gasteiger partial charge in [0.05, 0.1) is 0 Å². The van der Waals surface area contributed by atoms with Crippen LogP contribution in [0.3, 0.4) is 0 Å². The Morgan fingerprint density at radius 3 is 2.30 bits per heavy atom. The Morgan fingerprint density at radius 1 is 1.13 bits per heavy atom. The molecule has 4 saturated carbocycles. The molecular weight excluding hydrogens is 284 g/mol. The highest BCUT2D eigenvalue weighted by molar-refractivity contribution is 5.87. The summed E-state index contributed by atoms with van der Waals surface area (Å²) in [6.45, 7) is 10.3. The van der Waals surface area contributed by atoms with Crippen LogP contribution < -0.4 is 0 Å². The van der Waals surface area contributed by atoms with Gasteiger partial charge in [0.1, 0.15) is 5.60 Å². The third-order valence-electron chi connectivity index (χ3n) is 6.93. The van der Waals surface area contributed by atoms with Crippen LogP contribution in [0.4, 0.5) is 0 Å². The second kappa shape index (κ2) is 6.26. The molecule has 4 aliphatic carbocycles. The summed E-state index contributed by atoms with van der Waals surface area (Å²) in [6.07, 6.45) is 12.6. The number of carbonyl (C=O) groups excluding carboxylic acids is 1. The van der Waals surface area contributed by atoms with Gasteiger partial charge in [-0.15, -0.1) is 0 Å². The third-order valence-corrected chi connectivity index (χ3v) is 6.93. The van der Waals surface area contributed by atoms with E-state index in [0.29, 0.717) is 22.8 Å². The third kappa shape index (κ3) is 3.10. The first kappa shape index (κ1) is 17.0. The molecule has 0 saturated heterocycles. The van der Waals surface area contributed by atoms with Crippen molar-refractivity contribution in [2.45, 2.75) is 90.6 Å². The fraction of sp³-hybridized carbons (Fsp3) is 0.857. The summed E-state index contributed by atoms with van der Waals surface area (Å²) in [4.78, 5) is 12.4. The summed E-state index contributed by atoms with van der Waals surface area (Å²) in [6, 6.07) is 0.